The number of methoxy groups -OCH3 is 1. The van der Waals surface area contributed by atoms with Crippen molar-refractivity contribution in [3.8, 4) is 11.5 Å². The molecule has 0 saturated carbocycles. The van der Waals surface area contributed by atoms with Gasteiger partial charge in [-0.25, -0.2) is 9.59 Å². The zero-order valence-corrected chi connectivity index (χ0v) is 17.2. The molecular formula is C21H19BrO6. The first-order chi connectivity index (χ1) is 13.3. The number of ether oxygens (including phenoxy) is 4. The Hall–Kier alpha value is -2.80. The van der Waals surface area contributed by atoms with Gasteiger partial charge in [-0.2, -0.15) is 0 Å². The maximum absolute atomic E-state index is 12.1. The molecule has 28 heavy (non-hydrogen) atoms. The van der Waals surface area contributed by atoms with Gasteiger partial charge in [0.1, 0.15) is 12.2 Å². The van der Waals surface area contributed by atoms with Crippen molar-refractivity contribution in [3.05, 3.63) is 63.6 Å². The molecule has 0 spiro atoms. The number of esters is 2. The maximum Gasteiger partial charge on any atom is 0.348 e. The molecule has 1 aliphatic heterocycles. The quantitative estimate of drug-likeness (QED) is 0.388. The Morgan fingerprint density at radius 2 is 1.75 bits per heavy atom. The lowest BCUT2D eigenvalue weighted by molar-refractivity contribution is -0.222. The van der Waals surface area contributed by atoms with Crippen LogP contribution in [0, 0.1) is 0 Å². The molecule has 0 N–H and O–H groups in total. The van der Waals surface area contributed by atoms with E-state index in [9.17, 15) is 9.59 Å². The summed E-state index contributed by atoms with van der Waals surface area (Å²) in [6, 6.07) is 12.8. The highest BCUT2D eigenvalue weighted by atomic mass is 79.9. The summed E-state index contributed by atoms with van der Waals surface area (Å²) in [5.41, 5.74) is 1.37. The fourth-order valence-electron chi connectivity index (χ4n) is 2.63. The molecule has 0 amide bonds. The molecule has 0 atom stereocenters. The van der Waals surface area contributed by atoms with E-state index in [1.54, 1.807) is 18.2 Å². The summed E-state index contributed by atoms with van der Waals surface area (Å²) in [5, 5.41) is 0. The van der Waals surface area contributed by atoms with Gasteiger partial charge < -0.3 is 18.9 Å². The molecule has 2 aromatic carbocycles. The van der Waals surface area contributed by atoms with E-state index >= 15 is 0 Å². The van der Waals surface area contributed by atoms with E-state index in [-0.39, 0.29) is 5.57 Å². The lowest BCUT2D eigenvalue weighted by atomic mass is 10.1. The number of hydrogen-bond acceptors (Lipinski definition) is 6. The van der Waals surface area contributed by atoms with E-state index in [4.69, 9.17) is 18.9 Å². The van der Waals surface area contributed by atoms with Crippen LogP contribution in [0.5, 0.6) is 11.5 Å². The van der Waals surface area contributed by atoms with Crippen LogP contribution in [-0.4, -0.2) is 24.8 Å². The fourth-order valence-corrected chi connectivity index (χ4v) is 3.08. The zero-order valence-electron chi connectivity index (χ0n) is 15.7. The Kier molecular flexibility index (Phi) is 5.74. The number of hydrogen-bond donors (Lipinski definition) is 0. The second-order valence-electron chi connectivity index (χ2n) is 6.57. The van der Waals surface area contributed by atoms with Gasteiger partial charge in [0.25, 0.3) is 5.79 Å². The van der Waals surface area contributed by atoms with Crippen molar-refractivity contribution in [3.63, 3.8) is 0 Å². The van der Waals surface area contributed by atoms with Crippen molar-refractivity contribution in [2.75, 3.05) is 7.11 Å². The molecule has 1 aliphatic rings. The monoisotopic (exact) mass is 446 g/mol. The van der Waals surface area contributed by atoms with Gasteiger partial charge in [0.15, 0.2) is 11.5 Å². The smallest absolute Gasteiger partial charge is 0.348 e. The summed E-state index contributed by atoms with van der Waals surface area (Å²) in [5.74, 6) is -1.71. The van der Waals surface area contributed by atoms with Crippen LogP contribution in [-0.2, 0) is 25.7 Å². The average molecular weight is 447 g/mol. The lowest BCUT2D eigenvalue weighted by Gasteiger charge is -2.29. The van der Waals surface area contributed by atoms with Gasteiger partial charge in [0.05, 0.1) is 7.11 Å². The maximum atomic E-state index is 12.1. The largest absolute Gasteiger partial charge is 0.493 e. The number of carbonyl (C=O) groups excluding carboxylic acids is 2. The summed E-state index contributed by atoms with van der Waals surface area (Å²) < 4.78 is 22.4. The minimum absolute atomic E-state index is 0.178. The van der Waals surface area contributed by atoms with Crippen LogP contribution < -0.4 is 9.47 Å². The van der Waals surface area contributed by atoms with Crippen molar-refractivity contribution < 1.29 is 28.5 Å². The van der Waals surface area contributed by atoms with Crippen LogP contribution in [0.2, 0.25) is 0 Å². The predicted octanol–water partition coefficient (Wildman–Crippen LogP) is 4.26. The van der Waals surface area contributed by atoms with E-state index in [0.717, 1.165) is 10.0 Å². The normalized spacial score (nSPS) is 15.5. The molecule has 0 radical (unpaired) electrons. The average Bonchev–Trinajstić information content (AvgIpc) is 2.62. The van der Waals surface area contributed by atoms with E-state index in [2.05, 4.69) is 15.9 Å². The third-order valence-electron chi connectivity index (χ3n) is 3.90. The molecule has 3 rings (SSSR count). The van der Waals surface area contributed by atoms with Crippen LogP contribution in [0.15, 0.2) is 52.5 Å². The first-order valence-corrected chi connectivity index (χ1v) is 9.30. The predicted molar refractivity (Wildman–Crippen MR) is 106 cm³/mol. The summed E-state index contributed by atoms with van der Waals surface area (Å²) in [4.78, 5) is 24.2. The Morgan fingerprint density at radius 1 is 1.04 bits per heavy atom. The second kappa shape index (κ2) is 8.06. The topological polar surface area (TPSA) is 71.1 Å². The van der Waals surface area contributed by atoms with Crippen molar-refractivity contribution in [2.45, 2.75) is 26.2 Å². The highest BCUT2D eigenvalue weighted by molar-refractivity contribution is 9.10. The minimum atomic E-state index is -1.27. The first-order valence-electron chi connectivity index (χ1n) is 8.51. The molecule has 0 bridgehead atoms. The van der Waals surface area contributed by atoms with Crippen LogP contribution >= 0.6 is 15.9 Å². The fraction of sp³-hybridized carbons (Fsp3) is 0.238. The zero-order chi connectivity index (χ0) is 20.3. The molecule has 1 heterocycles. The van der Waals surface area contributed by atoms with Crippen molar-refractivity contribution >= 4 is 33.9 Å². The Bertz CT molecular complexity index is 926. The van der Waals surface area contributed by atoms with Crippen LogP contribution in [0.25, 0.3) is 6.08 Å². The van der Waals surface area contributed by atoms with E-state index in [1.165, 1.54) is 27.0 Å². The van der Waals surface area contributed by atoms with Crippen molar-refractivity contribution in [2.24, 2.45) is 0 Å². The van der Waals surface area contributed by atoms with Gasteiger partial charge in [-0.3, -0.25) is 0 Å². The molecule has 1 fully saturated rings. The number of benzene rings is 2. The molecule has 0 aromatic heterocycles. The van der Waals surface area contributed by atoms with Gasteiger partial charge in [0.2, 0.25) is 0 Å². The summed E-state index contributed by atoms with van der Waals surface area (Å²) in [6.45, 7) is 3.33. The van der Waals surface area contributed by atoms with E-state index in [0.29, 0.717) is 23.7 Å². The summed E-state index contributed by atoms with van der Waals surface area (Å²) in [6.07, 6.45) is 1.41. The van der Waals surface area contributed by atoms with Crippen molar-refractivity contribution in [1.82, 2.24) is 0 Å². The minimum Gasteiger partial charge on any atom is -0.493 e. The van der Waals surface area contributed by atoms with Crippen LogP contribution in [0.1, 0.15) is 25.0 Å². The molecule has 6 nitrogen and oxygen atoms in total. The molecular weight excluding hydrogens is 428 g/mol. The van der Waals surface area contributed by atoms with Gasteiger partial charge in [-0.15, -0.1) is 0 Å². The Balaban J connectivity index is 1.84. The molecule has 1 saturated heterocycles. The van der Waals surface area contributed by atoms with E-state index in [1.807, 2.05) is 24.3 Å². The third kappa shape index (κ3) is 4.72. The number of carbonyl (C=O) groups is 2. The highest BCUT2D eigenvalue weighted by Crippen LogP contribution is 2.31. The SMILES string of the molecule is COc1ccc(C=C2C(=O)OC(C)(C)OC2=O)cc1OCc1cccc(Br)c1. The molecule has 0 unspecified atom stereocenters. The molecule has 7 heteroatoms. The Morgan fingerprint density at radius 3 is 2.39 bits per heavy atom. The van der Waals surface area contributed by atoms with Gasteiger partial charge in [0, 0.05) is 18.3 Å². The van der Waals surface area contributed by atoms with Crippen LogP contribution in [0.4, 0.5) is 0 Å². The first kappa shape index (κ1) is 19.9. The standard InChI is InChI=1S/C21H19BrO6/c1-21(2)27-19(23)16(20(24)28-21)10-13-7-8-17(25-3)18(11-13)26-12-14-5-4-6-15(22)9-14/h4-11H,12H2,1-3H3. The lowest BCUT2D eigenvalue weighted by Crippen LogP contribution is -2.41. The summed E-state index contributed by atoms with van der Waals surface area (Å²) in [7, 11) is 1.54. The molecule has 0 aliphatic carbocycles. The highest BCUT2D eigenvalue weighted by Gasteiger charge is 2.38. The van der Waals surface area contributed by atoms with Gasteiger partial charge >= 0.3 is 11.9 Å². The van der Waals surface area contributed by atoms with Crippen LogP contribution in [0.3, 0.4) is 0 Å². The van der Waals surface area contributed by atoms with Gasteiger partial charge in [-0.05, 0) is 41.5 Å². The number of rotatable bonds is 5. The third-order valence-corrected chi connectivity index (χ3v) is 4.39. The summed E-state index contributed by atoms with van der Waals surface area (Å²) >= 11 is 3.43. The Labute approximate surface area is 171 Å². The molecule has 2 aromatic rings. The second-order valence-corrected chi connectivity index (χ2v) is 7.48. The van der Waals surface area contributed by atoms with Gasteiger partial charge in [-0.1, -0.05) is 34.1 Å². The van der Waals surface area contributed by atoms with Crippen molar-refractivity contribution in [1.29, 1.82) is 0 Å². The number of halogens is 1. The number of cyclic esters (lactones) is 2. The molecule has 146 valence electrons. The van der Waals surface area contributed by atoms with E-state index < -0.39 is 17.7 Å².